The molecule has 0 amide bonds. The van der Waals surface area contributed by atoms with Gasteiger partial charge in [-0.1, -0.05) is 0 Å². The highest BCUT2D eigenvalue weighted by molar-refractivity contribution is 5.85. The van der Waals surface area contributed by atoms with E-state index in [1.54, 1.807) is 14.2 Å². The van der Waals surface area contributed by atoms with Gasteiger partial charge >= 0.3 is 0 Å². The number of halogens is 1. The van der Waals surface area contributed by atoms with E-state index in [1.807, 2.05) is 0 Å². The lowest BCUT2D eigenvalue weighted by Gasteiger charge is -2.36. The Labute approximate surface area is 92.9 Å². The predicted octanol–water partition coefficient (Wildman–Crippen LogP) is 1.46. The van der Waals surface area contributed by atoms with E-state index in [0.717, 1.165) is 32.7 Å². The van der Waals surface area contributed by atoms with E-state index in [-0.39, 0.29) is 12.4 Å². The predicted molar refractivity (Wildman–Crippen MR) is 60.2 cm³/mol. The molecule has 0 atom stereocenters. The zero-order valence-corrected chi connectivity index (χ0v) is 9.99. The Morgan fingerprint density at radius 2 is 1.79 bits per heavy atom. The molecule has 0 saturated carbocycles. The van der Waals surface area contributed by atoms with Crippen LogP contribution in [0.3, 0.4) is 0 Å². The largest absolute Gasteiger partial charge is 0.385 e. The van der Waals surface area contributed by atoms with Gasteiger partial charge < -0.3 is 14.8 Å². The first-order valence-corrected chi connectivity index (χ1v) is 5.02. The van der Waals surface area contributed by atoms with Gasteiger partial charge in [0.1, 0.15) is 0 Å². The molecule has 1 heterocycles. The van der Waals surface area contributed by atoms with Crippen LogP contribution in [0, 0.1) is 5.41 Å². The summed E-state index contributed by atoms with van der Waals surface area (Å²) in [5.74, 6) is 0. The Morgan fingerprint density at radius 3 is 2.29 bits per heavy atom. The minimum atomic E-state index is 0. The standard InChI is InChI=1S/C10H21NO2.ClH/c1-12-8-5-10(9-13-2)3-6-11-7-4-10;/h11H,3-9H2,1-2H3;1H. The molecule has 4 heteroatoms. The lowest BCUT2D eigenvalue weighted by Crippen LogP contribution is -2.40. The second-order valence-corrected chi connectivity index (χ2v) is 3.93. The first kappa shape index (κ1) is 14.2. The molecule has 1 aliphatic heterocycles. The Hall–Kier alpha value is 0.170. The van der Waals surface area contributed by atoms with Crippen molar-refractivity contribution >= 4 is 12.4 Å². The maximum absolute atomic E-state index is 5.30. The Balaban J connectivity index is 0.00000169. The maximum Gasteiger partial charge on any atom is 0.0520 e. The Kier molecular flexibility index (Phi) is 7.55. The van der Waals surface area contributed by atoms with Gasteiger partial charge in [-0.05, 0) is 37.8 Å². The Bertz CT molecular complexity index is 133. The van der Waals surface area contributed by atoms with Gasteiger partial charge in [0.25, 0.3) is 0 Å². The summed E-state index contributed by atoms with van der Waals surface area (Å²) < 4.78 is 10.4. The van der Waals surface area contributed by atoms with Gasteiger partial charge in [-0.15, -0.1) is 12.4 Å². The molecule has 1 saturated heterocycles. The van der Waals surface area contributed by atoms with Gasteiger partial charge in [0, 0.05) is 20.8 Å². The van der Waals surface area contributed by atoms with Gasteiger partial charge in [-0.2, -0.15) is 0 Å². The summed E-state index contributed by atoms with van der Waals surface area (Å²) in [5.41, 5.74) is 0.371. The fourth-order valence-corrected chi connectivity index (χ4v) is 2.05. The van der Waals surface area contributed by atoms with Crippen LogP contribution >= 0.6 is 12.4 Å². The summed E-state index contributed by atoms with van der Waals surface area (Å²) in [6.45, 7) is 3.96. The van der Waals surface area contributed by atoms with Crippen LogP contribution in [-0.2, 0) is 9.47 Å². The third-order valence-electron chi connectivity index (χ3n) is 2.95. The SMILES string of the molecule is COCCC1(COC)CCNCC1.Cl. The summed E-state index contributed by atoms with van der Waals surface area (Å²) in [4.78, 5) is 0. The number of hydrogen-bond donors (Lipinski definition) is 1. The number of nitrogens with one attached hydrogen (secondary N) is 1. The average molecular weight is 224 g/mol. The molecule has 0 aromatic heterocycles. The molecule has 0 spiro atoms. The van der Waals surface area contributed by atoms with Crippen LogP contribution in [-0.4, -0.2) is 40.5 Å². The van der Waals surface area contributed by atoms with Crippen LogP contribution in [0.25, 0.3) is 0 Å². The first-order chi connectivity index (χ1) is 6.33. The molecule has 1 N–H and O–H groups in total. The van der Waals surface area contributed by atoms with Crippen molar-refractivity contribution in [2.24, 2.45) is 5.41 Å². The normalized spacial score (nSPS) is 20.1. The molecule has 0 aromatic carbocycles. The van der Waals surface area contributed by atoms with Crippen molar-refractivity contribution in [2.75, 3.05) is 40.5 Å². The number of hydrogen-bond acceptors (Lipinski definition) is 3. The summed E-state index contributed by atoms with van der Waals surface area (Å²) in [6, 6.07) is 0. The maximum atomic E-state index is 5.30. The molecule has 86 valence electrons. The third kappa shape index (κ3) is 4.13. The molecule has 0 bridgehead atoms. The molecule has 3 nitrogen and oxygen atoms in total. The van der Waals surface area contributed by atoms with Gasteiger partial charge in [-0.3, -0.25) is 0 Å². The van der Waals surface area contributed by atoms with Crippen molar-refractivity contribution in [3.63, 3.8) is 0 Å². The highest BCUT2D eigenvalue weighted by Gasteiger charge is 2.31. The van der Waals surface area contributed by atoms with E-state index in [0.29, 0.717) is 5.41 Å². The molecular weight excluding hydrogens is 202 g/mol. The van der Waals surface area contributed by atoms with Gasteiger partial charge in [0.15, 0.2) is 0 Å². The van der Waals surface area contributed by atoms with Gasteiger partial charge in [0.05, 0.1) is 6.61 Å². The summed E-state index contributed by atoms with van der Waals surface area (Å²) in [6.07, 6.45) is 3.55. The van der Waals surface area contributed by atoms with E-state index in [9.17, 15) is 0 Å². The Morgan fingerprint density at radius 1 is 1.14 bits per heavy atom. The minimum Gasteiger partial charge on any atom is -0.385 e. The third-order valence-corrected chi connectivity index (χ3v) is 2.95. The molecule has 14 heavy (non-hydrogen) atoms. The highest BCUT2D eigenvalue weighted by Crippen LogP contribution is 2.32. The van der Waals surface area contributed by atoms with Crippen LogP contribution in [0.4, 0.5) is 0 Å². The van der Waals surface area contributed by atoms with E-state index in [1.165, 1.54) is 12.8 Å². The van der Waals surface area contributed by atoms with Crippen LogP contribution in [0.15, 0.2) is 0 Å². The number of ether oxygens (including phenoxy) is 2. The monoisotopic (exact) mass is 223 g/mol. The van der Waals surface area contributed by atoms with E-state index >= 15 is 0 Å². The number of methoxy groups -OCH3 is 2. The fourth-order valence-electron chi connectivity index (χ4n) is 2.05. The summed E-state index contributed by atoms with van der Waals surface area (Å²) in [7, 11) is 3.55. The van der Waals surface area contributed by atoms with Crippen molar-refractivity contribution in [3.05, 3.63) is 0 Å². The van der Waals surface area contributed by atoms with E-state index in [2.05, 4.69) is 5.32 Å². The molecule has 0 aliphatic carbocycles. The molecule has 0 radical (unpaired) electrons. The second kappa shape index (κ2) is 7.46. The lowest BCUT2D eigenvalue weighted by molar-refractivity contribution is 0.0263. The molecule has 1 fully saturated rings. The van der Waals surface area contributed by atoms with Gasteiger partial charge in [0.2, 0.25) is 0 Å². The van der Waals surface area contributed by atoms with Crippen molar-refractivity contribution in [2.45, 2.75) is 19.3 Å². The lowest BCUT2D eigenvalue weighted by atomic mass is 9.77. The van der Waals surface area contributed by atoms with Crippen LogP contribution in [0.2, 0.25) is 0 Å². The first-order valence-electron chi connectivity index (χ1n) is 5.02. The quantitative estimate of drug-likeness (QED) is 0.766. The summed E-state index contributed by atoms with van der Waals surface area (Å²) >= 11 is 0. The molecule has 0 aromatic rings. The zero-order chi connectivity index (χ0) is 9.57. The van der Waals surface area contributed by atoms with Crippen LogP contribution in [0.5, 0.6) is 0 Å². The smallest absolute Gasteiger partial charge is 0.0520 e. The van der Waals surface area contributed by atoms with E-state index in [4.69, 9.17) is 9.47 Å². The van der Waals surface area contributed by atoms with Crippen LogP contribution in [0.1, 0.15) is 19.3 Å². The highest BCUT2D eigenvalue weighted by atomic mass is 35.5. The molecular formula is C10H22ClNO2. The van der Waals surface area contributed by atoms with Crippen molar-refractivity contribution < 1.29 is 9.47 Å². The van der Waals surface area contributed by atoms with Crippen molar-refractivity contribution in [1.82, 2.24) is 5.32 Å². The van der Waals surface area contributed by atoms with Gasteiger partial charge in [-0.25, -0.2) is 0 Å². The number of rotatable bonds is 5. The minimum absolute atomic E-state index is 0. The molecule has 1 aliphatic rings. The van der Waals surface area contributed by atoms with E-state index < -0.39 is 0 Å². The second-order valence-electron chi connectivity index (χ2n) is 3.93. The topological polar surface area (TPSA) is 30.5 Å². The van der Waals surface area contributed by atoms with Crippen molar-refractivity contribution in [3.8, 4) is 0 Å². The average Bonchev–Trinajstić information content (AvgIpc) is 2.17. The molecule has 0 unspecified atom stereocenters. The fraction of sp³-hybridized carbons (Fsp3) is 1.00. The zero-order valence-electron chi connectivity index (χ0n) is 9.17. The number of piperidine rings is 1. The molecule has 1 rings (SSSR count). The summed E-state index contributed by atoms with van der Waals surface area (Å²) in [5, 5.41) is 3.38. The van der Waals surface area contributed by atoms with Crippen LogP contribution < -0.4 is 5.32 Å². The van der Waals surface area contributed by atoms with Crippen molar-refractivity contribution in [1.29, 1.82) is 0 Å².